The molecule has 1 aromatic heterocycles. The van der Waals surface area contributed by atoms with Gasteiger partial charge in [0.15, 0.2) is 5.78 Å². The van der Waals surface area contributed by atoms with Crippen LogP contribution in [-0.4, -0.2) is 31.0 Å². The van der Waals surface area contributed by atoms with E-state index in [1.54, 1.807) is 48.7 Å². The van der Waals surface area contributed by atoms with Crippen molar-refractivity contribution in [1.29, 1.82) is 0 Å². The molecule has 1 heterocycles. The van der Waals surface area contributed by atoms with Gasteiger partial charge in [0.1, 0.15) is 17.1 Å². The summed E-state index contributed by atoms with van der Waals surface area (Å²) in [5.41, 5.74) is 2.12. The van der Waals surface area contributed by atoms with Crippen molar-refractivity contribution in [2.45, 2.75) is 6.42 Å². The van der Waals surface area contributed by atoms with Gasteiger partial charge in [0, 0.05) is 23.7 Å². The molecular weight excluding hydrogens is 361 g/mol. The summed E-state index contributed by atoms with van der Waals surface area (Å²) in [6.45, 7) is 0. The standard InChI is InChI=1S/C22H18FNO4/c1-27-21-10-8-15(12-17(21)22(26)28-2)20(25)11-14-7-9-19(24-13-14)16-5-3-4-6-18(16)23/h3-10,12-13H,11H2,1-2H3. The number of ether oxygens (including phenoxy) is 2. The molecule has 2 aromatic carbocycles. The highest BCUT2D eigenvalue weighted by atomic mass is 19.1. The molecule has 0 saturated carbocycles. The van der Waals surface area contributed by atoms with Crippen molar-refractivity contribution in [3.63, 3.8) is 0 Å². The Kier molecular flexibility index (Phi) is 5.79. The molecule has 0 amide bonds. The van der Waals surface area contributed by atoms with Crippen LogP contribution in [0.2, 0.25) is 0 Å². The fourth-order valence-electron chi connectivity index (χ4n) is 2.80. The summed E-state index contributed by atoms with van der Waals surface area (Å²) in [5, 5.41) is 0. The maximum Gasteiger partial charge on any atom is 0.341 e. The Labute approximate surface area is 161 Å². The number of nitrogens with zero attached hydrogens (tertiary/aromatic N) is 1. The molecule has 0 unspecified atom stereocenters. The second-order valence-electron chi connectivity index (χ2n) is 6.04. The number of ketones is 1. The van der Waals surface area contributed by atoms with Gasteiger partial charge in [-0.2, -0.15) is 0 Å². The highest BCUT2D eigenvalue weighted by molar-refractivity contribution is 6.01. The van der Waals surface area contributed by atoms with E-state index in [0.717, 1.165) is 0 Å². The van der Waals surface area contributed by atoms with E-state index >= 15 is 0 Å². The van der Waals surface area contributed by atoms with Gasteiger partial charge in [-0.25, -0.2) is 9.18 Å². The molecule has 3 rings (SSSR count). The van der Waals surface area contributed by atoms with Crippen LogP contribution in [0.4, 0.5) is 4.39 Å². The van der Waals surface area contributed by atoms with E-state index in [-0.39, 0.29) is 23.6 Å². The summed E-state index contributed by atoms with van der Waals surface area (Å²) in [5.74, 6) is -0.789. The molecule has 0 saturated heterocycles. The van der Waals surface area contributed by atoms with E-state index in [1.807, 2.05) is 0 Å². The van der Waals surface area contributed by atoms with Gasteiger partial charge in [-0.05, 0) is 42.0 Å². The molecule has 0 bridgehead atoms. The van der Waals surface area contributed by atoms with Gasteiger partial charge in [-0.3, -0.25) is 9.78 Å². The number of benzene rings is 2. The van der Waals surface area contributed by atoms with Crippen LogP contribution in [0.3, 0.4) is 0 Å². The van der Waals surface area contributed by atoms with Crippen LogP contribution in [0, 0.1) is 5.82 Å². The van der Waals surface area contributed by atoms with Crippen molar-refractivity contribution in [3.8, 4) is 17.0 Å². The lowest BCUT2D eigenvalue weighted by Crippen LogP contribution is -2.09. The van der Waals surface area contributed by atoms with Crippen LogP contribution in [0.25, 0.3) is 11.3 Å². The lowest BCUT2D eigenvalue weighted by molar-refractivity contribution is 0.0597. The second-order valence-corrected chi connectivity index (χ2v) is 6.04. The van der Waals surface area contributed by atoms with E-state index in [2.05, 4.69) is 4.98 Å². The summed E-state index contributed by atoms with van der Waals surface area (Å²) in [4.78, 5) is 28.7. The fourth-order valence-corrected chi connectivity index (χ4v) is 2.80. The molecule has 0 radical (unpaired) electrons. The third-order valence-corrected chi connectivity index (χ3v) is 4.27. The molecule has 3 aromatic rings. The Morgan fingerprint density at radius 2 is 1.82 bits per heavy atom. The Balaban J connectivity index is 1.80. The Hall–Kier alpha value is -3.54. The summed E-state index contributed by atoms with van der Waals surface area (Å²) in [6, 6.07) is 14.4. The number of hydrogen-bond donors (Lipinski definition) is 0. The first-order valence-electron chi connectivity index (χ1n) is 8.53. The third-order valence-electron chi connectivity index (χ3n) is 4.27. The topological polar surface area (TPSA) is 65.5 Å². The number of esters is 1. The fraction of sp³-hybridized carbons (Fsp3) is 0.136. The predicted octanol–water partition coefficient (Wildman–Crippen LogP) is 4.11. The number of rotatable bonds is 6. The lowest BCUT2D eigenvalue weighted by atomic mass is 10.0. The molecule has 142 valence electrons. The number of carbonyl (C=O) groups excluding carboxylic acids is 2. The Morgan fingerprint density at radius 3 is 2.46 bits per heavy atom. The minimum Gasteiger partial charge on any atom is -0.496 e. The number of carbonyl (C=O) groups is 2. The summed E-state index contributed by atoms with van der Waals surface area (Å²) >= 11 is 0. The predicted molar refractivity (Wildman–Crippen MR) is 102 cm³/mol. The molecule has 28 heavy (non-hydrogen) atoms. The van der Waals surface area contributed by atoms with Crippen LogP contribution in [0.1, 0.15) is 26.3 Å². The van der Waals surface area contributed by atoms with E-state index in [1.165, 1.54) is 26.4 Å². The molecule has 0 aliphatic carbocycles. The average Bonchev–Trinajstić information content (AvgIpc) is 2.73. The maximum atomic E-state index is 13.9. The average molecular weight is 379 g/mol. The van der Waals surface area contributed by atoms with Crippen LogP contribution in [0.5, 0.6) is 5.75 Å². The zero-order valence-electron chi connectivity index (χ0n) is 15.4. The van der Waals surface area contributed by atoms with Crippen molar-refractivity contribution in [2.24, 2.45) is 0 Å². The second kappa shape index (κ2) is 8.43. The highest BCUT2D eigenvalue weighted by Crippen LogP contribution is 2.23. The molecule has 5 nitrogen and oxygen atoms in total. The highest BCUT2D eigenvalue weighted by Gasteiger charge is 2.17. The van der Waals surface area contributed by atoms with Gasteiger partial charge in [-0.15, -0.1) is 0 Å². The smallest absolute Gasteiger partial charge is 0.341 e. The van der Waals surface area contributed by atoms with E-state index in [0.29, 0.717) is 28.1 Å². The lowest BCUT2D eigenvalue weighted by Gasteiger charge is -2.09. The van der Waals surface area contributed by atoms with E-state index in [9.17, 15) is 14.0 Å². The van der Waals surface area contributed by atoms with Crippen LogP contribution < -0.4 is 4.74 Å². The van der Waals surface area contributed by atoms with Gasteiger partial charge in [0.25, 0.3) is 0 Å². The van der Waals surface area contributed by atoms with Crippen molar-refractivity contribution in [3.05, 3.63) is 83.3 Å². The Morgan fingerprint density at radius 1 is 1.04 bits per heavy atom. The zero-order chi connectivity index (χ0) is 20.1. The largest absolute Gasteiger partial charge is 0.496 e. The molecule has 0 spiro atoms. The first kappa shape index (κ1) is 19.2. The summed E-state index contributed by atoms with van der Waals surface area (Å²) < 4.78 is 23.7. The number of halogens is 1. The minimum absolute atomic E-state index is 0.0947. The molecule has 0 atom stereocenters. The van der Waals surface area contributed by atoms with Crippen molar-refractivity contribution >= 4 is 11.8 Å². The first-order valence-corrected chi connectivity index (χ1v) is 8.53. The quantitative estimate of drug-likeness (QED) is 0.476. The minimum atomic E-state index is -0.581. The van der Waals surface area contributed by atoms with Gasteiger partial charge in [-0.1, -0.05) is 18.2 Å². The normalized spacial score (nSPS) is 10.4. The Bertz CT molecular complexity index is 1020. The molecule has 0 aliphatic rings. The molecule has 0 fully saturated rings. The number of aromatic nitrogens is 1. The van der Waals surface area contributed by atoms with Crippen LogP contribution in [-0.2, 0) is 11.2 Å². The number of hydrogen-bond acceptors (Lipinski definition) is 5. The van der Waals surface area contributed by atoms with Gasteiger partial charge >= 0.3 is 5.97 Å². The van der Waals surface area contributed by atoms with Gasteiger partial charge < -0.3 is 9.47 Å². The van der Waals surface area contributed by atoms with Crippen molar-refractivity contribution < 1.29 is 23.5 Å². The molecule has 0 N–H and O–H groups in total. The van der Waals surface area contributed by atoms with Gasteiger partial charge in [0.05, 0.1) is 19.9 Å². The molecule has 0 aliphatic heterocycles. The monoisotopic (exact) mass is 379 g/mol. The van der Waals surface area contributed by atoms with Crippen LogP contribution >= 0.6 is 0 Å². The maximum absolute atomic E-state index is 13.9. The molecular formula is C22H18FNO4. The summed E-state index contributed by atoms with van der Waals surface area (Å²) in [6.07, 6.45) is 1.64. The van der Waals surface area contributed by atoms with Crippen LogP contribution in [0.15, 0.2) is 60.8 Å². The molecule has 6 heteroatoms. The third kappa shape index (κ3) is 4.06. The van der Waals surface area contributed by atoms with Crippen molar-refractivity contribution in [2.75, 3.05) is 14.2 Å². The number of pyridine rings is 1. The van der Waals surface area contributed by atoms with Crippen molar-refractivity contribution in [1.82, 2.24) is 4.98 Å². The van der Waals surface area contributed by atoms with Gasteiger partial charge in [0.2, 0.25) is 0 Å². The zero-order valence-corrected chi connectivity index (χ0v) is 15.4. The number of Topliss-reactive ketones (excluding diaryl/α,β-unsaturated/α-hetero) is 1. The first-order chi connectivity index (χ1) is 13.5. The number of methoxy groups -OCH3 is 2. The SMILES string of the molecule is COC(=O)c1cc(C(=O)Cc2ccc(-c3ccccc3F)nc2)ccc1OC. The van der Waals surface area contributed by atoms with E-state index in [4.69, 9.17) is 9.47 Å². The summed E-state index contributed by atoms with van der Waals surface area (Å²) in [7, 11) is 2.70. The van der Waals surface area contributed by atoms with E-state index < -0.39 is 5.97 Å².